The van der Waals surface area contributed by atoms with Gasteiger partial charge in [0, 0.05) is 36.7 Å². The number of rotatable bonds is 2. The van der Waals surface area contributed by atoms with E-state index in [1.54, 1.807) is 6.07 Å². The Morgan fingerprint density at radius 2 is 1.67 bits per heavy atom. The van der Waals surface area contributed by atoms with Gasteiger partial charge in [-0.15, -0.1) is 12.4 Å². The van der Waals surface area contributed by atoms with E-state index in [1.165, 1.54) is 10.4 Å². The molecular formula is C12H16BrClN2O4S. The van der Waals surface area contributed by atoms with E-state index in [4.69, 9.17) is 9.47 Å². The molecule has 3 rings (SSSR count). The molecule has 0 bridgehead atoms. The second kappa shape index (κ2) is 6.70. The topological polar surface area (TPSA) is 67.9 Å². The Morgan fingerprint density at radius 3 is 2.29 bits per heavy atom. The summed E-state index contributed by atoms with van der Waals surface area (Å²) in [6, 6.07) is 3.19. The highest BCUT2D eigenvalue weighted by molar-refractivity contribution is 9.10. The zero-order chi connectivity index (χ0) is 14.2. The zero-order valence-electron chi connectivity index (χ0n) is 11.2. The van der Waals surface area contributed by atoms with Gasteiger partial charge in [0.1, 0.15) is 18.1 Å². The van der Waals surface area contributed by atoms with Crippen LogP contribution in [0.2, 0.25) is 0 Å². The Kier molecular flexibility index (Phi) is 5.37. The van der Waals surface area contributed by atoms with Crippen LogP contribution in [0.25, 0.3) is 0 Å². The second-order valence-corrected chi connectivity index (χ2v) is 7.34. The van der Waals surface area contributed by atoms with Crippen molar-refractivity contribution in [1.29, 1.82) is 0 Å². The average Bonchev–Trinajstić information content (AvgIpc) is 2.47. The van der Waals surface area contributed by atoms with Crippen molar-refractivity contribution in [2.24, 2.45) is 0 Å². The lowest BCUT2D eigenvalue weighted by atomic mass is 10.3. The van der Waals surface area contributed by atoms with Crippen molar-refractivity contribution in [3.05, 3.63) is 16.6 Å². The molecule has 0 amide bonds. The van der Waals surface area contributed by atoms with Crippen LogP contribution in [0.15, 0.2) is 21.5 Å². The number of fused-ring (bicyclic) bond motifs is 1. The summed E-state index contributed by atoms with van der Waals surface area (Å²) in [6.07, 6.45) is 0. The van der Waals surface area contributed by atoms with Gasteiger partial charge in [-0.05, 0) is 22.0 Å². The van der Waals surface area contributed by atoms with E-state index in [-0.39, 0.29) is 17.3 Å². The normalized spacial score (nSPS) is 18.9. The van der Waals surface area contributed by atoms with Crippen LogP contribution in [0.1, 0.15) is 0 Å². The van der Waals surface area contributed by atoms with Crippen LogP contribution in [0.4, 0.5) is 0 Å². The summed E-state index contributed by atoms with van der Waals surface area (Å²) in [5.41, 5.74) is 0. The Bertz CT molecular complexity index is 620. The van der Waals surface area contributed by atoms with Crippen molar-refractivity contribution < 1.29 is 17.9 Å². The molecule has 6 nitrogen and oxygen atoms in total. The van der Waals surface area contributed by atoms with Crippen molar-refractivity contribution in [1.82, 2.24) is 9.62 Å². The molecular weight excluding hydrogens is 384 g/mol. The number of nitrogens with one attached hydrogen (secondary N) is 1. The minimum Gasteiger partial charge on any atom is -0.486 e. The van der Waals surface area contributed by atoms with Crippen LogP contribution in [-0.4, -0.2) is 52.1 Å². The fourth-order valence-electron chi connectivity index (χ4n) is 2.27. The van der Waals surface area contributed by atoms with Crippen molar-refractivity contribution >= 4 is 38.4 Å². The van der Waals surface area contributed by atoms with Gasteiger partial charge in [-0.3, -0.25) is 0 Å². The number of halogens is 2. The molecule has 0 aromatic heterocycles. The van der Waals surface area contributed by atoms with E-state index in [9.17, 15) is 8.42 Å². The fourth-order valence-corrected chi connectivity index (χ4v) is 4.71. The Hall–Kier alpha value is -0.540. The first kappa shape index (κ1) is 16.8. The molecule has 1 N–H and O–H groups in total. The van der Waals surface area contributed by atoms with E-state index in [2.05, 4.69) is 21.2 Å². The highest BCUT2D eigenvalue weighted by Gasteiger charge is 2.29. The van der Waals surface area contributed by atoms with Gasteiger partial charge in [-0.25, -0.2) is 8.42 Å². The number of benzene rings is 1. The summed E-state index contributed by atoms with van der Waals surface area (Å²) in [6.45, 7) is 3.19. The minimum absolute atomic E-state index is 0. The molecule has 0 spiro atoms. The van der Waals surface area contributed by atoms with Crippen LogP contribution in [0.5, 0.6) is 11.5 Å². The maximum atomic E-state index is 12.7. The number of ether oxygens (including phenoxy) is 2. The van der Waals surface area contributed by atoms with Gasteiger partial charge in [0.2, 0.25) is 10.0 Å². The largest absolute Gasteiger partial charge is 0.486 e. The Morgan fingerprint density at radius 1 is 1.10 bits per heavy atom. The number of nitrogens with zero attached hydrogens (tertiary/aromatic N) is 1. The lowest BCUT2D eigenvalue weighted by molar-refractivity contribution is 0.171. The van der Waals surface area contributed by atoms with Gasteiger partial charge in [0.15, 0.2) is 11.5 Å². The minimum atomic E-state index is -3.52. The summed E-state index contributed by atoms with van der Waals surface area (Å²) in [7, 11) is -3.52. The molecule has 21 heavy (non-hydrogen) atoms. The first-order valence-corrected chi connectivity index (χ1v) is 8.62. The van der Waals surface area contributed by atoms with Crippen LogP contribution in [-0.2, 0) is 10.0 Å². The maximum Gasteiger partial charge on any atom is 0.244 e. The van der Waals surface area contributed by atoms with Crippen LogP contribution < -0.4 is 14.8 Å². The van der Waals surface area contributed by atoms with Crippen LogP contribution in [0, 0.1) is 0 Å². The molecule has 2 heterocycles. The molecule has 1 aromatic carbocycles. The first-order chi connectivity index (χ1) is 9.59. The average molecular weight is 400 g/mol. The van der Waals surface area contributed by atoms with Crippen molar-refractivity contribution in [2.45, 2.75) is 4.90 Å². The third kappa shape index (κ3) is 3.29. The summed E-state index contributed by atoms with van der Waals surface area (Å²) in [5.74, 6) is 1.05. The molecule has 0 aliphatic carbocycles. The van der Waals surface area contributed by atoms with E-state index in [0.717, 1.165) is 0 Å². The predicted molar refractivity (Wildman–Crippen MR) is 84.0 cm³/mol. The van der Waals surface area contributed by atoms with Gasteiger partial charge in [-0.1, -0.05) is 0 Å². The third-order valence-corrected chi connectivity index (χ3v) is 6.15. The third-order valence-electron chi connectivity index (χ3n) is 3.29. The molecule has 0 radical (unpaired) electrons. The predicted octanol–water partition coefficient (Wildman–Crippen LogP) is 1.24. The molecule has 0 atom stereocenters. The number of piperazine rings is 1. The van der Waals surface area contributed by atoms with Gasteiger partial charge >= 0.3 is 0 Å². The molecule has 2 aliphatic rings. The van der Waals surface area contributed by atoms with Crippen LogP contribution >= 0.6 is 28.3 Å². The zero-order valence-corrected chi connectivity index (χ0v) is 14.4. The lowest BCUT2D eigenvalue weighted by Crippen LogP contribution is -2.46. The monoisotopic (exact) mass is 398 g/mol. The molecule has 0 saturated carbocycles. The summed E-state index contributed by atoms with van der Waals surface area (Å²) in [5, 5.41) is 3.14. The molecule has 1 fully saturated rings. The van der Waals surface area contributed by atoms with Gasteiger partial charge in [0.05, 0.1) is 0 Å². The first-order valence-electron chi connectivity index (χ1n) is 6.39. The summed E-state index contributed by atoms with van der Waals surface area (Å²) >= 11 is 3.32. The summed E-state index contributed by atoms with van der Waals surface area (Å²) in [4.78, 5) is 0.226. The number of sulfonamides is 1. The fraction of sp³-hybridized carbons (Fsp3) is 0.500. The van der Waals surface area contributed by atoms with Crippen LogP contribution in [0.3, 0.4) is 0 Å². The van der Waals surface area contributed by atoms with Gasteiger partial charge in [0.25, 0.3) is 0 Å². The van der Waals surface area contributed by atoms with E-state index in [0.29, 0.717) is 55.4 Å². The molecule has 118 valence electrons. The highest BCUT2D eigenvalue weighted by Crippen LogP contribution is 2.38. The van der Waals surface area contributed by atoms with Crippen molar-refractivity contribution in [3.63, 3.8) is 0 Å². The standard InChI is InChI=1S/C12H15BrN2O4S.ClH/c13-9-7-10-11(19-6-5-18-10)8-12(9)20(16,17)15-3-1-14-2-4-15;/h7-8,14H,1-6H2;1H. The Balaban J connectivity index is 0.00000161. The molecule has 2 aliphatic heterocycles. The van der Waals surface area contributed by atoms with E-state index < -0.39 is 10.0 Å². The molecule has 1 aromatic rings. The van der Waals surface area contributed by atoms with E-state index in [1.807, 2.05) is 0 Å². The quantitative estimate of drug-likeness (QED) is 0.810. The molecule has 0 unspecified atom stereocenters. The lowest BCUT2D eigenvalue weighted by Gasteiger charge is -2.27. The van der Waals surface area contributed by atoms with Gasteiger partial charge in [-0.2, -0.15) is 4.31 Å². The van der Waals surface area contributed by atoms with Crippen molar-refractivity contribution in [2.75, 3.05) is 39.4 Å². The molecule has 1 saturated heterocycles. The molecule has 9 heteroatoms. The second-order valence-electron chi connectivity index (χ2n) is 4.58. The van der Waals surface area contributed by atoms with E-state index >= 15 is 0 Å². The SMILES string of the molecule is Cl.O=S(=O)(c1cc2c(cc1Br)OCCO2)N1CCNCC1. The summed E-state index contributed by atoms with van der Waals surface area (Å²) < 4.78 is 38.2. The number of hydrogen-bond donors (Lipinski definition) is 1. The Labute approximate surface area is 138 Å². The number of hydrogen-bond acceptors (Lipinski definition) is 5. The maximum absolute atomic E-state index is 12.7. The van der Waals surface area contributed by atoms with Gasteiger partial charge < -0.3 is 14.8 Å². The highest BCUT2D eigenvalue weighted by atomic mass is 79.9. The van der Waals surface area contributed by atoms with Crippen molar-refractivity contribution in [3.8, 4) is 11.5 Å². The smallest absolute Gasteiger partial charge is 0.244 e.